The highest BCUT2D eigenvalue weighted by Crippen LogP contribution is 2.46. The first-order chi connectivity index (χ1) is 17.6. The van der Waals surface area contributed by atoms with E-state index < -0.39 is 27.2 Å². The molecule has 2 unspecified atom stereocenters. The predicted molar refractivity (Wildman–Crippen MR) is 151 cm³/mol. The molecule has 0 radical (unpaired) electrons. The molecule has 1 aromatic rings. The van der Waals surface area contributed by atoms with Crippen molar-refractivity contribution in [2.45, 2.75) is 104 Å². The molecule has 0 amide bonds. The molecule has 0 bridgehead atoms. The summed E-state index contributed by atoms with van der Waals surface area (Å²) in [5, 5.41) is -0.713. The van der Waals surface area contributed by atoms with Crippen LogP contribution in [0, 0.1) is 12.3 Å². The smallest absolute Gasteiger partial charge is 0.303 e. The van der Waals surface area contributed by atoms with Crippen molar-refractivity contribution in [3.63, 3.8) is 0 Å². The Labute approximate surface area is 229 Å². The molecule has 0 saturated carbocycles. The number of carbonyl (C=O) groups is 2. The Morgan fingerprint density at radius 1 is 0.974 bits per heavy atom. The number of ether oxygens (including phenoxy) is 2. The van der Waals surface area contributed by atoms with Crippen LogP contribution in [0.5, 0.6) is 0 Å². The largest absolute Gasteiger partial charge is 0.462 e. The SMILES string of the molecule is CC(=O)OC/C=C(\C)CC(/C=C(/C)CC(C1=C(C)CCCC1(C)C)S(=O)(=O)c1ccc(C)cc1)OC(C)=O. The summed E-state index contributed by atoms with van der Waals surface area (Å²) >= 11 is 0. The number of allylic oxidation sites excluding steroid dienone is 2. The number of sulfone groups is 1. The van der Waals surface area contributed by atoms with Gasteiger partial charge in [0.1, 0.15) is 12.7 Å². The van der Waals surface area contributed by atoms with Crippen LogP contribution >= 0.6 is 0 Å². The molecule has 0 heterocycles. The summed E-state index contributed by atoms with van der Waals surface area (Å²) in [4.78, 5) is 23.2. The van der Waals surface area contributed by atoms with Gasteiger partial charge in [0.25, 0.3) is 0 Å². The lowest BCUT2D eigenvalue weighted by Crippen LogP contribution is -2.35. The Morgan fingerprint density at radius 2 is 1.61 bits per heavy atom. The highest BCUT2D eigenvalue weighted by atomic mass is 32.2. The van der Waals surface area contributed by atoms with Gasteiger partial charge in [0.05, 0.1) is 10.1 Å². The molecule has 2 rings (SSSR count). The van der Waals surface area contributed by atoms with E-state index in [4.69, 9.17) is 9.47 Å². The molecule has 2 atom stereocenters. The molecule has 0 saturated heterocycles. The Balaban J connectivity index is 2.48. The minimum atomic E-state index is -3.68. The summed E-state index contributed by atoms with van der Waals surface area (Å²) in [6, 6.07) is 7.06. The van der Waals surface area contributed by atoms with Gasteiger partial charge in [0.15, 0.2) is 9.84 Å². The van der Waals surface area contributed by atoms with Gasteiger partial charge in [0, 0.05) is 20.3 Å². The van der Waals surface area contributed by atoms with E-state index in [-0.39, 0.29) is 18.0 Å². The van der Waals surface area contributed by atoms with Gasteiger partial charge in [-0.15, -0.1) is 0 Å². The summed E-state index contributed by atoms with van der Waals surface area (Å²) in [5.41, 5.74) is 4.65. The van der Waals surface area contributed by atoms with Gasteiger partial charge in [-0.2, -0.15) is 0 Å². The van der Waals surface area contributed by atoms with Crippen molar-refractivity contribution in [1.29, 1.82) is 0 Å². The summed E-state index contributed by atoms with van der Waals surface area (Å²) in [5.74, 6) is -0.778. The third kappa shape index (κ3) is 8.97. The average Bonchev–Trinajstić information content (AvgIpc) is 2.77. The fourth-order valence-electron chi connectivity index (χ4n) is 5.34. The summed E-state index contributed by atoms with van der Waals surface area (Å²) in [6.07, 6.45) is 6.67. The van der Waals surface area contributed by atoms with E-state index in [1.807, 2.05) is 39.0 Å². The van der Waals surface area contributed by atoms with Crippen LogP contribution < -0.4 is 0 Å². The van der Waals surface area contributed by atoms with Gasteiger partial charge in [-0.25, -0.2) is 8.42 Å². The molecular weight excluding hydrogens is 500 g/mol. The molecule has 38 heavy (non-hydrogen) atoms. The lowest BCUT2D eigenvalue weighted by atomic mass is 9.70. The quantitative estimate of drug-likeness (QED) is 0.224. The number of rotatable bonds is 11. The van der Waals surface area contributed by atoms with Crippen LogP contribution in [-0.2, 0) is 28.9 Å². The van der Waals surface area contributed by atoms with Crippen molar-refractivity contribution in [3.05, 3.63) is 64.3 Å². The van der Waals surface area contributed by atoms with Crippen LogP contribution in [0.3, 0.4) is 0 Å². The van der Waals surface area contributed by atoms with E-state index in [2.05, 4.69) is 20.8 Å². The van der Waals surface area contributed by atoms with Gasteiger partial charge >= 0.3 is 11.9 Å². The number of carbonyl (C=O) groups excluding carboxylic acids is 2. The van der Waals surface area contributed by atoms with E-state index in [0.29, 0.717) is 17.7 Å². The first-order valence-corrected chi connectivity index (χ1v) is 14.8. The van der Waals surface area contributed by atoms with E-state index >= 15 is 0 Å². The lowest BCUT2D eigenvalue weighted by Gasteiger charge is -2.39. The lowest BCUT2D eigenvalue weighted by molar-refractivity contribution is -0.144. The van der Waals surface area contributed by atoms with E-state index in [9.17, 15) is 18.0 Å². The van der Waals surface area contributed by atoms with Crippen LogP contribution in [0.15, 0.2) is 63.6 Å². The number of aryl methyl sites for hydroxylation is 1. The number of benzene rings is 1. The standard InChI is InChI=1S/C31H44O6S/c1-21-11-13-28(14-12-21)38(34,35)29(30-24(4)10-9-16-31(30,7)8)20-23(3)19-27(37-26(6)33)18-22(2)15-17-36-25(5)32/h11-15,19,27,29H,9-10,16-18,20H2,1-8H3/b22-15+,23-19-. The van der Waals surface area contributed by atoms with Gasteiger partial charge in [-0.1, -0.05) is 48.3 Å². The summed E-state index contributed by atoms with van der Waals surface area (Å²) in [6.45, 7) is 14.9. The van der Waals surface area contributed by atoms with Gasteiger partial charge in [0.2, 0.25) is 0 Å². The fraction of sp³-hybridized carbons (Fsp3) is 0.548. The van der Waals surface area contributed by atoms with Crippen molar-refractivity contribution in [3.8, 4) is 0 Å². The summed E-state index contributed by atoms with van der Waals surface area (Å²) in [7, 11) is -3.68. The molecule has 0 spiro atoms. The minimum Gasteiger partial charge on any atom is -0.462 e. The molecule has 0 N–H and O–H groups in total. The second-order valence-electron chi connectivity index (χ2n) is 11.2. The zero-order chi connectivity index (χ0) is 28.7. The van der Waals surface area contributed by atoms with E-state index in [0.717, 1.165) is 47.1 Å². The first kappa shape index (κ1) is 31.5. The Kier molecular flexibility index (Phi) is 11.1. The van der Waals surface area contributed by atoms with Crippen LogP contribution in [0.4, 0.5) is 0 Å². The van der Waals surface area contributed by atoms with Crippen molar-refractivity contribution in [2.24, 2.45) is 5.41 Å². The van der Waals surface area contributed by atoms with Crippen molar-refractivity contribution >= 4 is 21.8 Å². The average molecular weight is 545 g/mol. The van der Waals surface area contributed by atoms with E-state index in [1.54, 1.807) is 18.2 Å². The molecule has 1 aliphatic carbocycles. The molecule has 210 valence electrons. The van der Waals surface area contributed by atoms with Gasteiger partial charge < -0.3 is 9.47 Å². The first-order valence-electron chi connectivity index (χ1n) is 13.3. The maximum Gasteiger partial charge on any atom is 0.303 e. The molecular formula is C31H44O6S. The monoisotopic (exact) mass is 544 g/mol. The van der Waals surface area contributed by atoms with Crippen LogP contribution in [0.2, 0.25) is 0 Å². The summed E-state index contributed by atoms with van der Waals surface area (Å²) < 4.78 is 38.8. The number of esters is 2. The van der Waals surface area contributed by atoms with Gasteiger partial charge in [-0.3, -0.25) is 9.59 Å². The normalized spacial score (nSPS) is 18.1. The highest BCUT2D eigenvalue weighted by Gasteiger charge is 2.40. The third-order valence-corrected chi connectivity index (χ3v) is 9.21. The molecule has 7 heteroatoms. The van der Waals surface area contributed by atoms with Gasteiger partial charge in [-0.05, 0) is 88.7 Å². The van der Waals surface area contributed by atoms with Crippen LogP contribution in [0.1, 0.15) is 86.1 Å². The molecule has 0 fully saturated rings. The Morgan fingerprint density at radius 3 is 2.16 bits per heavy atom. The maximum absolute atomic E-state index is 14.1. The second kappa shape index (κ2) is 13.4. The minimum absolute atomic E-state index is 0.149. The van der Waals surface area contributed by atoms with Crippen molar-refractivity contribution in [2.75, 3.05) is 6.61 Å². The second-order valence-corrected chi connectivity index (χ2v) is 13.3. The van der Waals surface area contributed by atoms with Crippen LogP contribution in [0.25, 0.3) is 0 Å². The van der Waals surface area contributed by atoms with Crippen LogP contribution in [-0.4, -0.2) is 38.3 Å². The zero-order valence-corrected chi connectivity index (χ0v) is 25.0. The molecule has 0 aromatic heterocycles. The maximum atomic E-state index is 14.1. The molecule has 1 aliphatic rings. The topological polar surface area (TPSA) is 86.7 Å². The molecule has 0 aliphatic heterocycles. The highest BCUT2D eigenvalue weighted by molar-refractivity contribution is 7.92. The van der Waals surface area contributed by atoms with Crippen molar-refractivity contribution in [1.82, 2.24) is 0 Å². The fourth-order valence-corrected chi connectivity index (χ4v) is 7.50. The van der Waals surface area contributed by atoms with E-state index in [1.165, 1.54) is 13.8 Å². The Bertz CT molecular complexity index is 1200. The third-order valence-electron chi connectivity index (χ3n) is 7.13. The Hall–Kier alpha value is -2.67. The number of hydrogen-bond acceptors (Lipinski definition) is 6. The molecule has 6 nitrogen and oxygen atoms in total. The zero-order valence-electron chi connectivity index (χ0n) is 24.2. The molecule has 1 aromatic carbocycles. The number of hydrogen-bond donors (Lipinski definition) is 0. The van der Waals surface area contributed by atoms with Crippen molar-refractivity contribution < 1.29 is 27.5 Å². The predicted octanol–water partition coefficient (Wildman–Crippen LogP) is 6.83.